The van der Waals surface area contributed by atoms with Gasteiger partial charge in [0.15, 0.2) is 0 Å². The lowest BCUT2D eigenvalue weighted by atomic mass is 9.97. The molecule has 0 unspecified atom stereocenters. The fraction of sp³-hybridized carbons (Fsp3) is 0.263. The van der Waals surface area contributed by atoms with Gasteiger partial charge in [-0.1, -0.05) is 54.6 Å². The smallest absolute Gasteiger partial charge is 0.0653 e. The first-order chi connectivity index (χ1) is 9.83. The largest absolute Gasteiger partial charge is 0.377 e. The molecule has 2 aromatic rings. The van der Waals surface area contributed by atoms with E-state index >= 15 is 0 Å². The highest BCUT2D eigenvalue weighted by Gasteiger charge is 2.06. The van der Waals surface area contributed by atoms with E-state index in [0.717, 1.165) is 26.1 Å². The molecule has 1 heterocycles. The third-order valence-corrected chi connectivity index (χ3v) is 3.94. The van der Waals surface area contributed by atoms with Gasteiger partial charge in [-0.2, -0.15) is 0 Å². The van der Waals surface area contributed by atoms with Crippen molar-refractivity contribution in [1.29, 1.82) is 0 Å². The molecule has 20 heavy (non-hydrogen) atoms. The van der Waals surface area contributed by atoms with Crippen LogP contribution in [0.25, 0.3) is 5.57 Å². The molecule has 0 amide bonds. The van der Waals surface area contributed by atoms with Crippen LogP contribution in [0.4, 0.5) is 0 Å². The van der Waals surface area contributed by atoms with E-state index in [1.807, 2.05) is 0 Å². The average molecular weight is 264 g/mol. The van der Waals surface area contributed by atoms with Crippen LogP contribution in [0.5, 0.6) is 0 Å². The van der Waals surface area contributed by atoms with Crippen molar-refractivity contribution in [2.75, 3.05) is 13.2 Å². The van der Waals surface area contributed by atoms with Gasteiger partial charge in [0.25, 0.3) is 0 Å². The summed E-state index contributed by atoms with van der Waals surface area (Å²) in [6, 6.07) is 17.6. The molecule has 0 spiro atoms. The van der Waals surface area contributed by atoms with Crippen molar-refractivity contribution in [3.63, 3.8) is 0 Å². The number of ether oxygens (including phenoxy) is 1. The molecule has 102 valence electrons. The van der Waals surface area contributed by atoms with Crippen LogP contribution in [0.2, 0.25) is 0 Å². The SMILES string of the molecule is Cc1ccccc1Cc1ccc(C2=CCOCC2)cc1. The highest BCUT2D eigenvalue weighted by molar-refractivity contribution is 5.66. The Morgan fingerprint density at radius 1 is 1.00 bits per heavy atom. The number of hydrogen-bond donors (Lipinski definition) is 0. The Kier molecular flexibility index (Phi) is 3.98. The normalized spacial score (nSPS) is 14.9. The summed E-state index contributed by atoms with van der Waals surface area (Å²) >= 11 is 0. The summed E-state index contributed by atoms with van der Waals surface area (Å²) in [5, 5.41) is 0. The molecule has 1 nitrogen and oxygen atoms in total. The molecule has 0 N–H and O–H groups in total. The van der Waals surface area contributed by atoms with Crippen molar-refractivity contribution in [3.05, 3.63) is 76.9 Å². The summed E-state index contributed by atoms with van der Waals surface area (Å²) < 4.78 is 5.36. The van der Waals surface area contributed by atoms with Gasteiger partial charge >= 0.3 is 0 Å². The minimum atomic E-state index is 0.750. The first-order valence-electron chi connectivity index (χ1n) is 7.23. The number of rotatable bonds is 3. The van der Waals surface area contributed by atoms with E-state index in [1.54, 1.807) is 0 Å². The third kappa shape index (κ3) is 3.00. The molecule has 0 atom stereocenters. The minimum Gasteiger partial charge on any atom is -0.377 e. The Morgan fingerprint density at radius 2 is 1.80 bits per heavy atom. The molecule has 3 rings (SSSR count). The quantitative estimate of drug-likeness (QED) is 0.799. The number of benzene rings is 2. The zero-order valence-corrected chi connectivity index (χ0v) is 11.9. The molecule has 0 saturated carbocycles. The zero-order valence-electron chi connectivity index (χ0n) is 11.9. The van der Waals surface area contributed by atoms with E-state index in [1.165, 1.54) is 27.8 Å². The molecule has 1 aliphatic heterocycles. The van der Waals surface area contributed by atoms with Crippen LogP contribution in [-0.4, -0.2) is 13.2 Å². The summed E-state index contributed by atoms with van der Waals surface area (Å²) in [7, 11) is 0. The highest BCUT2D eigenvalue weighted by Crippen LogP contribution is 2.22. The Labute approximate surface area is 120 Å². The van der Waals surface area contributed by atoms with E-state index in [2.05, 4.69) is 61.5 Å². The van der Waals surface area contributed by atoms with Gasteiger partial charge in [-0.05, 0) is 47.6 Å². The molecule has 0 aliphatic carbocycles. The predicted octanol–water partition coefficient (Wildman–Crippen LogP) is 4.39. The van der Waals surface area contributed by atoms with Crippen molar-refractivity contribution >= 4 is 5.57 Å². The maximum Gasteiger partial charge on any atom is 0.0653 e. The number of aryl methyl sites for hydroxylation is 1. The molecule has 1 heteroatoms. The summed E-state index contributed by atoms with van der Waals surface area (Å²) in [6.07, 6.45) is 4.23. The maximum atomic E-state index is 5.36. The van der Waals surface area contributed by atoms with Crippen LogP contribution in [-0.2, 0) is 11.2 Å². The van der Waals surface area contributed by atoms with Gasteiger partial charge in [-0.25, -0.2) is 0 Å². The van der Waals surface area contributed by atoms with Gasteiger partial charge in [-0.15, -0.1) is 0 Å². The second-order valence-electron chi connectivity index (χ2n) is 5.35. The van der Waals surface area contributed by atoms with E-state index < -0.39 is 0 Å². The second kappa shape index (κ2) is 6.06. The molecule has 0 saturated heterocycles. The average Bonchev–Trinajstić information content (AvgIpc) is 2.51. The molecule has 2 aromatic carbocycles. The van der Waals surface area contributed by atoms with E-state index in [4.69, 9.17) is 4.74 Å². The molecule has 1 aliphatic rings. The van der Waals surface area contributed by atoms with Crippen molar-refractivity contribution < 1.29 is 4.74 Å². The van der Waals surface area contributed by atoms with Crippen LogP contribution in [0.3, 0.4) is 0 Å². The fourth-order valence-electron chi connectivity index (χ4n) is 2.65. The monoisotopic (exact) mass is 264 g/mol. The lowest BCUT2D eigenvalue weighted by molar-refractivity contribution is 0.161. The summed E-state index contributed by atoms with van der Waals surface area (Å²) in [6.45, 7) is 3.77. The first kappa shape index (κ1) is 13.1. The van der Waals surface area contributed by atoms with E-state index in [9.17, 15) is 0 Å². The summed E-state index contributed by atoms with van der Waals surface area (Å²) in [5.41, 5.74) is 6.89. The lowest BCUT2D eigenvalue weighted by Gasteiger charge is -2.14. The number of hydrogen-bond acceptors (Lipinski definition) is 1. The van der Waals surface area contributed by atoms with E-state index in [0.29, 0.717) is 0 Å². The first-order valence-corrected chi connectivity index (χ1v) is 7.23. The Balaban J connectivity index is 1.76. The Hall–Kier alpha value is -1.86. The van der Waals surface area contributed by atoms with Crippen molar-refractivity contribution in [2.45, 2.75) is 19.8 Å². The van der Waals surface area contributed by atoms with Crippen molar-refractivity contribution in [3.8, 4) is 0 Å². The molecule has 0 radical (unpaired) electrons. The van der Waals surface area contributed by atoms with Gasteiger partial charge in [0.1, 0.15) is 0 Å². The predicted molar refractivity (Wildman–Crippen MR) is 83.8 cm³/mol. The third-order valence-electron chi connectivity index (χ3n) is 3.94. The van der Waals surface area contributed by atoms with Crippen LogP contribution in [0, 0.1) is 6.92 Å². The Bertz CT molecular complexity index is 608. The highest BCUT2D eigenvalue weighted by atomic mass is 16.5. The lowest BCUT2D eigenvalue weighted by Crippen LogP contribution is -2.03. The van der Waals surface area contributed by atoms with Crippen molar-refractivity contribution in [1.82, 2.24) is 0 Å². The summed E-state index contributed by atoms with van der Waals surface area (Å²) in [5.74, 6) is 0. The second-order valence-corrected chi connectivity index (χ2v) is 5.35. The molecular formula is C19H20O. The van der Waals surface area contributed by atoms with Gasteiger partial charge in [0.05, 0.1) is 13.2 Å². The molecule has 0 aromatic heterocycles. The van der Waals surface area contributed by atoms with Gasteiger partial charge in [-0.3, -0.25) is 0 Å². The van der Waals surface area contributed by atoms with Gasteiger partial charge < -0.3 is 4.74 Å². The Morgan fingerprint density at radius 3 is 2.50 bits per heavy atom. The van der Waals surface area contributed by atoms with Crippen LogP contribution in [0.15, 0.2) is 54.6 Å². The molecule has 0 fully saturated rings. The molecule has 0 bridgehead atoms. The minimum absolute atomic E-state index is 0.750. The maximum absolute atomic E-state index is 5.36. The summed E-state index contributed by atoms with van der Waals surface area (Å²) in [4.78, 5) is 0. The van der Waals surface area contributed by atoms with Crippen molar-refractivity contribution in [2.24, 2.45) is 0 Å². The van der Waals surface area contributed by atoms with E-state index in [-0.39, 0.29) is 0 Å². The standard InChI is InChI=1S/C19H20O/c1-15-4-2-3-5-19(15)14-16-6-8-17(9-7-16)18-10-12-20-13-11-18/h2-10H,11-14H2,1H3. The fourth-order valence-corrected chi connectivity index (χ4v) is 2.65. The van der Waals surface area contributed by atoms with Gasteiger partial charge in [0, 0.05) is 0 Å². The van der Waals surface area contributed by atoms with Crippen LogP contribution >= 0.6 is 0 Å². The van der Waals surface area contributed by atoms with Gasteiger partial charge in [0.2, 0.25) is 0 Å². The molecular weight excluding hydrogens is 244 g/mol. The topological polar surface area (TPSA) is 9.23 Å². The van der Waals surface area contributed by atoms with Crippen LogP contribution < -0.4 is 0 Å². The van der Waals surface area contributed by atoms with Crippen LogP contribution in [0.1, 0.15) is 28.7 Å². The zero-order chi connectivity index (χ0) is 13.8.